The topological polar surface area (TPSA) is 17.1 Å². The predicted octanol–water partition coefficient (Wildman–Crippen LogP) is 6.12. The number of ketones is 1. The van der Waals surface area contributed by atoms with Crippen molar-refractivity contribution in [3.8, 4) is 0 Å². The van der Waals surface area contributed by atoms with Gasteiger partial charge in [-0.05, 0) is 24.1 Å². The third-order valence-corrected chi connectivity index (χ3v) is 4.06. The quantitative estimate of drug-likeness (QED) is 0.450. The van der Waals surface area contributed by atoms with Crippen LogP contribution < -0.4 is 0 Å². The van der Waals surface area contributed by atoms with Crippen molar-refractivity contribution >= 4 is 17.4 Å². The maximum absolute atomic E-state index is 12.9. The van der Waals surface area contributed by atoms with Crippen molar-refractivity contribution in [1.82, 2.24) is 0 Å². The van der Waals surface area contributed by atoms with Gasteiger partial charge in [0.1, 0.15) is 11.6 Å². The van der Waals surface area contributed by atoms with Gasteiger partial charge in [0.15, 0.2) is 0 Å². The Morgan fingerprint density at radius 3 is 2.29 bits per heavy atom. The van der Waals surface area contributed by atoms with E-state index in [4.69, 9.17) is 11.6 Å². The van der Waals surface area contributed by atoms with Gasteiger partial charge in [-0.2, -0.15) is 0 Å². The second-order valence-corrected chi connectivity index (χ2v) is 6.08. The van der Waals surface area contributed by atoms with Crippen LogP contribution in [-0.2, 0) is 11.2 Å². The van der Waals surface area contributed by atoms with Crippen LogP contribution in [0, 0.1) is 5.82 Å². The molecule has 0 aliphatic rings. The van der Waals surface area contributed by atoms with E-state index < -0.39 is 0 Å². The Bertz CT molecular complexity index is 431. The number of unbranched alkanes of at least 4 members (excludes halogenated alkanes) is 7. The van der Waals surface area contributed by atoms with Gasteiger partial charge in [0.05, 0.1) is 0 Å². The Kier molecular flexibility index (Phi) is 9.32. The molecule has 1 aromatic carbocycles. The molecule has 0 bridgehead atoms. The molecule has 0 atom stereocenters. The van der Waals surface area contributed by atoms with Crippen molar-refractivity contribution in [2.45, 2.75) is 71.1 Å². The first-order chi connectivity index (χ1) is 10.1. The van der Waals surface area contributed by atoms with Gasteiger partial charge in [-0.1, -0.05) is 69.5 Å². The van der Waals surface area contributed by atoms with E-state index in [1.807, 2.05) is 0 Å². The van der Waals surface area contributed by atoms with E-state index >= 15 is 0 Å². The monoisotopic (exact) mass is 312 g/mol. The zero-order chi connectivity index (χ0) is 15.5. The molecule has 0 amide bonds. The van der Waals surface area contributed by atoms with Crippen LogP contribution in [-0.4, -0.2) is 5.78 Å². The van der Waals surface area contributed by atoms with E-state index in [1.54, 1.807) is 6.07 Å². The molecular weight excluding hydrogens is 287 g/mol. The van der Waals surface area contributed by atoms with Crippen molar-refractivity contribution in [2.24, 2.45) is 0 Å². The molecule has 0 aliphatic carbocycles. The molecule has 0 saturated heterocycles. The summed E-state index contributed by atoms with van der Waals surface area (Å²) in [6.45, 7) is 2.22. The highest BCUT2D eigenvalue weighted by molar-refractivity contribution is 6.31. The number of hydrogen-bond acceptors (Lipinski definition) is 1. The lowest BCUT2D eigenvalue weighted by molar-refractivity contribution is -0.118. The molecule has 0 saturated carbocycles. The Labute approximate surface area is 132 Å². The molecule has 0 N–H and O–H groups in total. The van der Waals surface area contributed by atoms with Crippen molar-refractivity contribution in [3.63, 3.8) is 0 Å². The predicted molar refractivity (Wildman–Crippen MR) is 87.3 cm³/mol. The van der Waals surface area contributed by atoms with E-state index in [1.165, 1.54) is 50.7 Å². The van der Waals surface area contributed by atoms with Gasteiger partial charge in [-0.25, -0.2) is 4.39 Å². The maximum atomic E-state index is 12.9. The smallest absolute Gasteiger partial charge is 0.137 e. The first-order valence-electron chi connectivity index (χ1n) is 8.09. The van der Waals surface area contributed by atoms with Crippen LogP contribution in [0.3, 0.4) is 0 Å². The molecular formula is C18H26ClFO. The third-order valence-electron chi connectivity index (χ3n) is 3.71. The SMILES string of the molecule is CCCCCCCCCCC(=O)Cc1ccc(F)cc1Cl. The van der Waals surface area contributed by atoms with Crippen LogP contribution >= 0.6 is 11.6 Å². The van der Waals surface area contributed by atoms with E-state index in [9.17, 15) is 9.18 Å². The molecule has 1 rings (SSSR count). The van der Waals surface area contributed by atoms with Gasteiger partial charge in [-0.3, -0.25) is 4.79 Å². The second kappa shape index (κ2) is 10.8. The number of carbonyl (C=O) groups excluding carboxylic acids is 1. The largest absolute Gasteiger partial charge is 0.299 e. The molecule has 0 radical (unpaired) electrons. The summed E-state index contributed by atoms with van der Waals surface area (Å²) in [5.74, 6) is -0.172. The first kappa shape index (κ1) is 18.2. The molecule has 118 valence electrons. The molecule has 1 aromatic rings. The fourth-order valence-electron chi connectivity index (χ4n) is 2.42. The third kappa shape index (κ3) is 8.21. The number of halogens is 2. The van der Waals surface area contributed by atoms with Gasteiger partial charge >= 0.3 is 0 Å². The molecule has 0 spiro atoms. The fourth-order valence-corrected chi connectivity index (χ4v) is 2.66. The van der Waals surface area contributed by atoms with Crippen LogP contribution in [0.2, 0.25) is 5.02 Å². The van der Waals surface area contributed by atoms with Gasteiger partial charge in [-0.15, -0.1) is 0 Å². The lowest BCUT2D eigenvalue weighted by Gasteiger charge is -2.04. The molecule has 21 heavy (non-hydrogen) atoms. The highest BCUT2D eigenvalue weighted by Crippen LogP contribution is 2.19. The summed E-state index contributed by atoms with van der Waals surface area (Å²) in [6.07, 6.45) is 10.7. The Morgan fingerprint density at radius 2 is 1.67 bits per heavy atom. The summed E-state index contributed by atoms with van der Waals surface area (Å²) in [4.78, 5) is 11.9. The van der Waals surface area contributed by atoms with E-state index in [-0.39, 0.29) is 11.6 Å². The van der Waals surface area contributed by atoms with E-state index in [2.05, 4.69) is 6.92 Å². The molecule has 0 unspecified atom stereocenters. The Morgan fingerprint density at radius 1 is 1.05 bits per heavy atom. The summed E-state index contributed by atoms with van der Waals surface area (Å²) in [6, 6.07) is 4.22. The number of hydrogen-bond donors (Lipinski definition) is 0. The normalized spacial score (nSPS) is 10.8. The zero-order valence-corrected chi connectivity index (χ0v) is 13.7. The minimum absolute atomic E-state index is 0.189. The number of benzene rings is 1. The van der Waals surface area contributed by atoms with E-state index in [0.717, 1.165) is 18.4 Å². The van der Waals surface area contributed by atoms with E-state index in [0.29, 0.717) is 17.9 Å². The average Bonchev–Trinajstić information content (AvgIpc) is 2.45. The average molecular weight is 313 g/mol. The minimum atomic E-state index is -0.362. The van der Waals surface area contributed by atoms with Crippen LogP contribution in [0.4, 0.5) is 4.39 Å². The van der Waals surface area contributed by atoms with Gasteiger partial charge in [0.25, 0.3) is 0 Å². The molecule has 1 nitrogen and oxygen atoms in total. The van der Waals surface area contributed by atoms with Gasteiger partial charge in [0, 0.05) is 17.9 Å². The number of Topliss-reactive ketones (excluding diaryl/α,β-unsaturated/α-hetero) is 1. The molecule has 0 fully saturated rings. The lowest BCUT2D eigenvalue weighted by Crippen LogP contribution is -2.03. The van der Waals surface area contributed by atoms with Crippen molar-refractivity contribution < 1.29 is 9.18 Å². The van der Waals surface area contributed by atoms with Crippen molar-refractivity contribution in [3.05, 3.63) is 34.6 Å². The van der Waals surface area contributed by atoms with Crippen molar-refractivity contribution in [1.29, 1.82) is 0 Å². The lowest BCUT2D eigenvalue weighted by atomic mass is 10.0. The summed E-state index contributed by atoms with van der Waals surface area (Å²) in [7, 11) is 0. The first-order valence-corrected chi connectivity index (χ1v) is 8.47. The minimum Gasteiger partial charge on any atom is -0.299 e. The summed E-state index contributed by atoms with van der Waals surface area (Å²) in [5, 5.41) is 0.347. The summed E-state index contributed by atoms with van der Waals surface area (Å²) < 4.78 is 12.9. The number of rotatable bonds is 11. The zero-order valence-electron chi connectivity index (χ0n) is 13.0. The molecule has 0 aliphatic heterocycles. The maximum Gasteiger partial charge on any atom is 0.137 e. The Balaban J connectivity index is 2.11. The standard InChI is InChI=1S/C18H26ClFO/c1-2-3-4-5-6-7-8-9-10-17(21)13-15-11-12-16(20)14-18(15)19/h11-12,14H,2-10,13H2,1H3. The van der Waals surface area contributed by atoms with Crippen LogP contribution in [0.5, 0.6) is 0 Å². The highest BCUT2D eigenvalue weighted by atomic mass is 35.5. The molecule has 0 aromatic heterocycles. The summed E-state index contributed by atoms with van der Waals surface area (Å²) in [5.41, 5.74) is 0.725. The fraction of sp³-hybridized carbons (Fsp3) is 0.611. The van der Waals surface area contributed by atoms with Gasteiger partial charge < -0.3 is 0 Å². The molecule has 0 heterocycles. The van der Waals surface area contributed by atoms with Crippen LogP contribution in [0.1, 0.15) is 70.3 Å². The second-order valence-electron chi connectivity index (χ2n) is 5.68. The molecule has 3 heteroatoms. The Hall–Kier alpha value is -0.890. The van der Waals surface area contributed by atoms with Crippen molar-refractivity contribution in [2.75, 3.05) is 0 Å². The number of carbonyl (C=O) groups is 1. The summed E-state index contributed by atoms with van der Waals surface area (Å²) >= 11 is 5.93. The highest BCUT2D eigenvalue weighted by Gasteiger charge is 2.08. The van der Waals surface area contributed by atoms with Crippen LogP contribution in [0.25, 0.3) is 0 Å². The van der Waals surface area contributed by atoms with Crippen LogP contribution in [0.15, 0.2) is 18.2 Å². The van der Waals surface area contributed by atoms with Gasteiger partial charge in [0.2, 0.25) is 0 Å².